The van der Waals surface area contributed by atoms with Crippen LogP contribution in [0.4, 0.5) is 0 Å². The number of hydrogen-bond donors (Lipinski definition) is 1. The van der Waals surface area contributed by atoms with Gasteiger partial charge in [0, 0.05) is 0 Å². The van der Waals surface area contributed by atoms with Gasteiger partial charge in [0.25, 0.3) is 0 Å². The monoisotopic (exact) mass is 279 g/mol. The van der Waals surface area contributed by atoms with E-state index in [1.165, 1.54) is 5.56 Å². The lowest BCUT2D eigenvalue weighted by molar-refractivity contribution is 0.287. The molecule has 1 aromatic rings. The smallest absolute Gasteiger partial charge is 0.161 e. The molecule has 3 nitrogen and oxygen atoms in total. The maximum atomic E-state index is 5.86. The van der Waals surface area contributed by atoms with E-state index < -0.39 is 0 Å². The molecule has 1 aromatic carbocycles. The summed E-state index contributed by atoms with van der Waals surface area (Å²) in [5.74, 6) is 2.75. The number of unbranched alkanes of at least 4 members (excludes halogenated alkanes) is 1. The van der Waals surface area contributed by atoms with Crippen molar-refractivity contribution in [2.24, 2.45) is 17.6 Å². The minimum Gasteiger partial charge on any atom is -0.493 e. The normalized spacial score (nSPS) is 12.5. The predicted molar refractivity (Wildman–Crippen MR) is 84.5 cm³/mol. The fourth-order valence-corrected chi connectivity index (χ4v) is 2.18. The van der Waals surface area contributed by atoms with Crippen molar-refractivity contribution in [3.8, 4) is 11.5 Å². The summed E-state index contributed by atoms with van der Waals surface area (Å²) in [4.78, 5) is 0. The van der Waals surface area contributed by atoms with E-state index >= 15 is 0 Å². The SMILES string of the molecule is CCCCOc1cc(CC(CN)C(C)C)ccc1OC. The van der Waals surface area contributed by atoms with Gasteiger partial charge in [0.15, 0.2) is 11.5 Å². The molecule has 2 N–H and O–H groups in total. The molecule has 0 spiro atoms. The number of methoxy groups -OCH3 is 1. The molecule has 3 heteroatoms. The highest BCUT2D eigenvalue weighted by molar-refractivity contribution is 5.43. The summed E-state index contributed by atoms with van der Waals surface area (Å²) in [6.45, 7) is 8.06. The number of rotatable bonds is 9. The van der Waals surface area contributed by atoms with Crippen molar-refractivity contribution in [3.05, 3.63) is 23.8 Å². The highest BCUT2D eigenvalue weighted by Gasteiger charge is 2.14. The molecule has 0 fully saturated rings. The molecule has 114 valence electrons. The lowest BCUT2D eigenvalue weighted by atomic mass is 9.89. The van der Waals surface area contributed by atoms with Crippen LogP contribution in [0, 0.1) is 11.8 Å². The van der Waals surface area contributed by atoms with Crippen molar-refractivity contribution in [1.29, 1.82) is 0 Å². The van der Waals surface area contributed by atoms with Crippen LogP contribution in [0.3, 0.4) is 0 Å². The van der Waals surface area contributed by atoms with Crippen LogP contribution in [-0.4, -0.2) is 20.3 Å². The lowest BCUT2D eigenvalue weighted by Gasteiger charge is -2.19. The van der Waals surface area contributed by atoms with Crippen LogP contribution in [0.5, 0.6) is 11.5 Å². The molecule has 0 aliphatic carbocycles. The molecular weight excluding hydrogens is 250 g/mol. The van der Waals surface area contributed by atoms with Crippen molar-refractivity contribution in [2.45, 2.75) is 40.0 Å². The second-order valence-electron chi connectivity index (χ2n) is 5.63. The van der Waals surface area contributed by atoms with Crippen molar-refractivity contribution < 1.29 is 9.47 Å². The van der Waals surface area contributed by atoms with E-state index in [2.05, 4.69) is 32.9 Å². The summed E-state index contributed by atoms with van der Waals surface area (Å²) in [7, 11) is 1.68. The zero-order valence-electron chi connectivity index (χ0n) is 13.3. The van der Waals surface area contributed by atoms with E-state index in [9.17, 15) is 0 Å². The van der Waals surface area contributed by atoms with E-state index in [1.54, 1.807) is 7.11 Å². The largest absolute Gasteiger partial charge is 0.493 e. The molecule has 1 unspecified atom stereocenters. The minimum atomic E-state index is 0.506. The Bertz CT molecular complexity index is 391. The van der Waals surface area contributed by atoms with E-state index in [0.29, 0.717) is 11.8 Å². The first-order valence-electron chi connectivity index (χ1n) is 7.62. The van der Waals surface area contributed by atoms with Crippen LogP contribution < -0.4 is 15.2 Å². The van der Waals surface area contributed by atoms with E-state index in [0.717, 1.165) is 43.9 Å². The van der Waals surface area contributed by atoms with Gasteiger partial charge >= 0.3 is 0 Å². The number of benzene rings is 1. The number of ether oxygens (including phenoxy) is 2. The van der Waals surface area contributed by atoms with Crippen LogP contribution in [-0.2, 0) is 6.42 Å². The van der Waals surface area contributed by atoms with Crippen LogP contribution in [0.1, 0.15) is 39.2 Å². The average molecular weight is 279 g/mol. The van der Waals surface area contributed by atoms with Crippen LogP contribution in [0.15, 0.2) is 18.2 Å². The highest BCUT2D eigenvalue weighted by atomic mass is 16.5. The summed E-state index contributed by atoms with van der Waals surface area (Å²) >= 11 is 0. The summed E-state index contributed by atoms with van der Waals surface area (Å²) in [5.41, 5.74) is 7.12. The summed E-state index contributed by atoms with van der Waals surface area (Å²) in [5, 5.41) is 0. The Labute approximate surface area is 123 Å². The number of hydrogen-bond acceptors (Lipinski definition) is 3. The van der Waals surface area contributed by atoms with Crippen molar-refractivity contribution in [1.82, 2.24) is 0 Å². The van der Waals surface area contributed by atoms with E-state index in [4.69, 9.17) is 15.2 Å². The second-order valence-corrected chi connectivity index (χ2v) is 5.63. The predicted octanol–water partition coefficient (Wildman–Crippen LogP) is 3.65. The van der Waals surface area contributed by atoms with Gasteiger partial charge in [0.1, 0.15) is 0 Å². The standard InChI is InChI=1S/C17H29NO2/c1-5-6-9-20-17-11-14(7-8-16(17)19-4)10-15(12-18)13(2)3/h7-8,11,13,15H,5-6,9-10,12,18H2,1-4H3. The molecule has 1 rings (SSSR count). The zero-order valence-corrected chi connectivity index (χ0v) is 13.3. The van der Waals surface area contributed by atoms with Crippen LogP contribution >= 0.6 is 0 Å². The molecule has 0 bridgehead atoms. The van der Waals surface area contributed by atoms with Crippen LogP contribution in [0.2, 0.25) is 0 Å². The Kier molecular flexibility index (Phi) is 7.45. The lowest BCUT2D eigenvalue weighted by Crippen LogP contribution is -2.22. The molecule has 1 atom stereocenters. The average Bonchev–Trinajstić information content (AvgIpc) is 2.45. The quantitative estimate of drug-likeness (QED) is 0.702. The Morgan fingerprint density at radius 2 is 1.95 bits per heavy atom. The van der Waals surface area contributed by atoms with E-state index in [1.807, 2.05) is 6.07 Å². The van der Waals surface area contributed by atoms with Gasteiger partial charge in [0.05, 0.1) is 13.7 Å². The Balaban J connectivity index is 2.80. The molecule has 0 aromatic heterocycles. The highest BCUT2D eigenvalue weighted by Crippen LogP contribution is 2.30. The Hall–Kier alpha value is -1.22. The van der Waals surface area contributed by atoms with Gasteiger partial charge in [-0.25, -0.2) is 0 Å². The second kappa shape index (κ2) is 8.85. The fourth-order valence-electron chi connectivity index (χ4n) is 2.18. The molecule has 20 heavy (non-hydrogen) atoms. The fraction of sp³-hybridized carbons (Fsp3) is 0.647. The van der Waals surface area contributed by atoms with Gasteiger partial charge in [-0.05, 0) is 48.9 Å². The van der Waals surface area contributed by atoms with Crippen molar-refractivity contribution in [3.63, 3.8) is 0 Å². The van der Waals surface area contributed by atoms with Gasteiger partial charge in [-0.15, -0.1) is 0 Å². The molecule has 0 saturated carbocycles. The van der Waals surface area contributed by atoms with Gasteiger partial charge < -0.3 is 15.2 Å². The summed E-state index contributed by atoms with van der Waals surface area (Å²) in [6, 6.07) is 6.20. The first-order chi connectivity index (χ1) is 9.62. The third-order valence-electron chi connectivity index (χ3n) is 3.73. The molecule has 0 aliphatic rings. The van der Waals surface area contributed by atoms with Gasteiger partial charge in [0.2, 0.25) is 0 Å². The maximum Gasteiger partial charge on any atom is 0.161 e. The number of nitrogens with two attached hydrogens (primary N) is 1. The summed E-state index contributed by atoms with van der Waals surface area (Å²) < 4.78 is 11.2. The van der Waals surface area contributed by atoms with Crippen molar-refractivity contribution in [2.75, 3.05) is 20.3 Å². The first kappa shape index (κ1) is 16.8. The Morgan fingerprint density at radius 1 is 1.20 bits per heavy atom. The molecule has 0 heterocycles. The topological polar surface area (TPSA) is 44.5 Å². The molecule has 0 saturated heterocycles. The summed E-state index contributed by atoms with van der Waals surface area (Å²) in [6.07, 6.45) is 3.18. The van der Waals surface area contributed by atoms with Crippen molar-refractivity contribution >= 4 is 0 Å². The zero-order chi connectivity index (χ0) is 15.0. The third kappa shape index (κ3) is 5.04. The minimum absolute atomic E-state index is 0.506. The van der Waals surface area contributed by atoms with E-state index in [-0.39, 0.29) is 0 Å². The van der Waals surface area contributed by atoms with Gasteiger partial charge in [-0.2, -0.15) is 0 Å². The first-order valence-corrected chi connectivity index (χ1v) is 7.62. The van der Waals surface area contributed by atoms with Gasteiger partial charge in [-0.1, -0.05) is 33.3 Å². The van der Waals surface area contributed by atoms with Crippen LogP contribution in [0.25, 0.3) is 0 Å². The maximum absolute atomic E-state index is 5.86. The molecule has 0 aliphatic heterocycles. The third-order valence-corrected chi connectivity index (χ3v) is 3.73. The Morgan fingerprint density at radius 3 is 2.50 bits per heavy atom. The molecular formula is C17H29NO2. The molecule has 0 radical (unpaired) electrons. The molecule has 0 amide bonds. The van der Waals surface area contributed by atoms with Gasteiger partial charge in [-0.3, -0.25) is 0 Å².